The first kappa shape index (κ1) is 13.3. The molecular weight excluding hydrogens is 282 g/mol. The van der Waals surface area contributed by atoms with E-state index in [4.69, 9.17) is 11.6 Å². The Morgan fingerprint density at radius 2 is 1.95 bits per heavy atom. The minimum Gasteiger partial charge on any atom is -0.371 e. The molecule has 5 heteroatoms. The van der Waals surface area contributed by atoms with Gasteiger partial charge in [-0.2, -0.15) is 0 Å². The number of rotatable bonds is 2. The molecule has 2 nitrogen and oxygen atoms in total. The molecule has 0 aliphatic carbocycles. The summed E-state index contributed by atoms with van der Waals surface area (Å²) in [5.41, 5.74) is 1.12. The molecule has 1 unspecified atom stereocenters. The van der Waals surface area contributed by atoms with Crippen LogP contribution in [-0.4, -0.2) is 18.1 Å². The van der Waals surface area contributed by atoms with E-state index in [2.05, 4.69) is 9.88 Å². The Kier molecular flexibility index (Phi) is 3.57. The molecule has 1 saturated heterocycles. The van der Waals surface area contributed by atoms with E-state index in [1.165, 1.54) is 18.2 Å². The first-order chi connectivity index (χ1) is 9.65. The summed E-state index contributed by atoms with van der Waals surface area (Å²) in [6.45, 7) is 1.33. The van der Waals surface area contributed by atoms with E-state index in [0.29, 0.717) is 11.7 Å². The Labute approximate surface area is 121 Å². The molecule has 0 saturated carbocycles. The van der Waals surface area contributed by atoms with E-state index in [-0.39, 0.29) is 11.5 Å². The fourth-order valence-corrected chi connectivity index (χ4v) is 2.89. The number of nitrogens with zero attached hydrogens (tertiary/aromatic N) is 2. The molecule has 20 heavy (non-hydrogen) atoms. The van der Waals surface area contributed by atoms with Gasteiger partial charge in [-0.05, 0) is 30.7 Å². The van der Waals surface area contributed by atoms with Gasteiger partial charge in [0.2, 0.25) is 0 Å². The SMILES string of the molecule is Fc1cccc(F)c1C1CCN(c2ccnc(Cl)c2)C1. The van der Waals surface area contributed by atoms with Gasteiger partial charge in [0, 0.05) is 36.5 Å². The topological polar surface area (TPSA) is 16.1 Å². The van der Waals surface area contributed by atoms with Crippen LogP contribution in [0.1, 0.15) is 17.9 Å². The molecule has 0 radical (unpaired) electrons. The van der Waals surface area contributed by atoms with Crippen molar-refractivity contribution in [1.82, 2.24) is 4.98 Å². The number of anilines is 1. The molecule has 1 aromatic heterocycles. The fourth-order valence-electron chi connectivity index (χ4n) is 2.72. The molecule has 2 heterocycles. The van der Waals surface area contributed by atoms with Crippen LogP contribution < -0.4 is 4.90 Å². The Bertz CT molecular complexity index is 613. The molecule has 0 spiro atoms. The second-order valence-electron chi connectivity index (χ2n) is 4.90. The molecule has 104 valence electrons. The number of halogens is 3. The van der Waals surface area contributed by atoms with Gasteiger partial charge in [0.1, 0.15) is 16.8 Å². The zero-order valence-electron chi connectivity index (χ0n) is 10.7. The molecule has 0 amide bonds. The zero-order chi connectivity index (χ0) is 14.1. The van der Waals surface area contributed by atoms with Gasteiger partial charge >= 0.3 is 0 Å². The van der Waals surface area contributed by atoms with Crippen LogP contribution in [-0.2, 0) is 0 Å². The first-order valence-corrected chi connectivity index (χ1v) is 6.83. The predicted molar refractivity (Wildman–Crippen MR) is 75.2 cm³/mol. The maximum atomic E-state index is 13.8. The Morgan fingerprint density at radius 1 is 1.20 bits per heavy atom. The smallest absolute Gasteiger partial charge is 0.131 e. The average molecular weight is 295 g/mol. The fraction of sp³-hybridized carbons (Fsp3) is 0.267. The first-order valence-electron chi connectivity index (χ1n) is 6.45. The molecule has 1 atom stereocenters. The van der Waals surface area contributed by atoms with Crippen molar-refractivity contribution in [3.8, 4) is 0 Å². The van der Waals surface area contributed by atoms with E-state index < -0.39 is 11.6 Å². The van der Waals surface area contributed by atoms with E-state index in [0.717, 1.165) is 18.7 Å². The number of hydrogen-bond donors (Lipinski definition) is 0. The van der Waals surface area contributed by atoms with Gasteiger partial charge in [-0.25, -0.2) is 13.8 Å². The van der Waals surface area contributed by atoms with Crippen LogP contribution >= 0.6 is 11.6 Å². The van der Waals surface area contributed by atoms with Crippen LogP contribution in [0, 0.1) is 11.6 Å². The molecule has 1 aliphatic heterocycles. The highest BCUT2D eigenvalue weighted by Crippen LogP contribution is 2.33. The van der Waals surface area contributed by atoms with Crippen molar-refractivity contribution in [1.29, 1.82) is 0 Å². The van der Waals surface area contributed by atoms with E-state index >= 15 is 0 Å². The van der Waals surface area contributed by atoms with E-state index in [1.54, 1.807) is 12.3 Å². The Morgan fingerprint density at radius 3 is 2.65 bits per heavy atom. The van der Waals surface area contributed by atoms with E-state index in [9.17, 15) is 8.78 Å². The predicted octanol–water partition coefficient (Wildman–Crippen LogP) is 4.01. The maximum Gasteiger partial charge on any atom is 0.131 e. The summed E-state index contributed by atoms with van der Waals surface area (Å²) >= 11 is 5.87. The summed E-state index contributed by atoms with van der Waals surface area (Å²) in [6, 6.07) is 7.63. The largest absolute Gasteiger partial charge is 0.371 e. The minimum atomic E-state index is -0.468. The lowest BCUT2D eigenvalue weighted by Gasteiger charge is -2.19. The minimum absolute atomic E-state index is 0.136. The van der Waals surface area contributed by atoms with Crippen LogP contribution in [0.3, 0.4) is 0 Å². The highest BCUT2D eigenvalue weighted by molar-refractivity contribution is 6.29. The lowest BCUT2D eigenvalue weighted by atomic mass is 9.97. The van der Waals surface area contributed by atoms with Gasteiger partial charge in [-0.15, -0.1) is 0 Å². The summed E-state index contributed by atoms with van der Waals surface area (Å²) in [5.74, 6) is -1.07. The Balaban J connectivity index is 1.83. The van der Waals surface area contributed by atoms with Crippen molar-refractivity contribution >= 4 is 17.3 Å². The van der Waals surface area contributed by atoms with Gasteiger partial charge in [0.25, 0.3) is 0 Å². The maximum absolute atomic E-state index is 13.8. The third-order valence-electron chi connectivity index (χ3n) is 3.67. The van der Waals surface area contributed by atoms with Crippen molar-refractivity contribution in [3.05, 3.63) is 58.9 Å². The lowest BCUT2D eigenvalue weighted by Crippen LogP contribution is -2.19. The van der Waals surface area contributed by atoms with Crippen molar-refractivity contribution in [2.75, 3.05) is 18.0 Å². The molecule has 3 rings (SSSR count). The summed E-state index contributed by atoms with van der Waals surface area (Å²) < 4.78 is 27.6. The molecule has 0 N–H and O–H groups in total. The van der Waals surface area contributed by atoms with Crippen molar-refractivity contribution in [3.63, 3.8) is 0 Å². The van der Waals surface area contributed by atoms with Gasteiger partial charge < -0.3 is 4.90 Å². The monoisotopic (exact) mass is 294 g/mol. The average Bonchev–Trinajstić information content (AvgIpc) is 2.88. The second kappa shape index (κ2) is 5.37. The van der Waals surface area contributed by atoms with Crippen LogP contribution in [0.4, 0.5) is 14.5 Å². The molecule has 1 aromatic carbocycles. The summed E-state index contributed by atoms with van der Waals surface area (Å²) in [6.07, 6.45) is 2.35. The third-order valence-corrected chi connectivity index (χ3v) is 3.88. The summed E-state index contributed by atoms with van der Waals surface area (Å²) in [7, 11) is 0. The van der Waals surface area contributed by atoms with Gasteiger partial charge in [0.15, 0.2) is 0 Å². The number of hydrogen-bond acceptors (Lipinski definition) is 2. The van der Waals surface area contributed by atoms with Crippen LogP contribution in [0.25, 0.3) is 0 Å². The number of pyridine rings is 1. The van der Waals surface area contributed by atoms with Crippen LogP contribution in [0.2, 0.25) is 5.15 Å². The Hall–Kier alpha value is -1.68. The molecule has 2 aromatic rings. The van der Waals surface area contributed by atoms with Crippen molar-refractivity contribution in [2.45, 2.75) is 12.3 Å². The third kappa shape index (κ3) is 2.48. The molecular formula is C15H13ClF2N2. The standard InChI is InChI=1S/C15H13ClF2N2/c16-14-8-11(4-6-19-14)20-7-5-10(9-20)15-12(17)2-1-3-13(15)18/h1-4,6,8,10H,5,7,9H2. The summed E-state index contributed by atoms with van der Waals surface area (Å²) in [4.78, 5) is 6.01. The molecule has 0 bridgehead atoms. The highest BCUT2D eigenvalue weighted by Gasteiger charge is 2.28. The number of benzene rings is 1. The highest BCUT2D eigenvalue weighted by atomic mass is 35.5. The lowest BCUT2D eigenvalue weighted by molar-refractivity contribution is 0.533. The van der Waals surface area contributed by atoms with Crippen molar-refractivity contribution < 1.29 is 8.78 Å². The van der Waals surface area contributed by atoms with Crippen LogP contribution in [0.15, 0.2) is 36.5 Å². The van der Waals surface area contributed by atoms with Crippen LogP contribution in [0.5, 0.6) is 0 Å². The normalized spacial score (nSPS) is 18.6. The van der Waals surface area contributed by atoms with Gasteiger partial charge in [0.05, 0.1) is 0 Å². The van der Waals surface area contributed by atoms with E-state index in [1.807, 2.05) is 6.07 Å². The quantitative estimate of drug-likeness (QED) is 0.778. The summed E-state index contributed by atoms with van der Waals surface area (Å²) in [5, 5.41) is 0.419. The van der Waals surface area contributed by atoms with Gasteiger partial charge in [-0.3, -0.25) is 0 Å². The van der Waals surface area contributed by atoms with Gasteiger partial charge in [-0.1, -0.05) is 17.7 Å². The molecule has 1 fully saturated rings. The van der Waals surface area contributed by atoms with Crippen molar-refractivity contribution in [2.24, 2.45) is 0 Å². The second-order valence-corrected chi connectivity index (χ2v) is 5.29. The zero-order valence-corrected chi connectivity index (χ0v) is 11.4. The molecule has 1 aliphatic rings. The number of aromatic nitrogens is 1.